The molecule has 0 unspecified atom stereocenters. The first-order valence-electron chi connectivity index (χ1n) is 9.58. The Kier molecular flexibility index (Phi) is 7.95. The lowest BCUT2D eigenvalue weighted by Crippen LogP contribution is -2.23. The molecule has 0 aliphatic carbocycles. The molecule has 0 saturated heterocycles. The highest BCUT2D eigenvalue weighted by Crippen LogP contribution is 2.32. The quantitative estimate of drug-likeness (QED) is 0.468. The summed E-state index contributed by atoms with van der Waals surface area (Å²) < 4.78 is 40.1. The lowest BCUT2D eigenvalue weighted by Gasteiger charge is -2.16. The molecule has 2 aromatic rings. The molecule has 0 aromatic carbocycles. The largest absolute Gasteiger partial charge is 0.417 e. The molecule has 0 fully saturated rings. The molecule has 0 aliphatic heterocycles. The third-order valence-electron chi connectivity index (χ3n) is 4.42. The second kappa shape index (κ2) is 10.4. The maximum absolute atomic E-state index is 13.4. The Labute approximate surface area is 187 Å². The standard InChI is InChI=1S/C22H22F3N5O3/c1-5-7-16(12(3)6-2)29-19-17(8-13(10-28-19)20(32)26-4)30-21(33)14-11-27-18(31)9-15(14)22(23,24)25/h5-11H,2H2,1,3-4H3,(H,26,32)(H,27,31)(H,28,29)(H,30,33)/b7-5-,16-12+. The van der Waals surface area contributed by atoms with Gasteiger partial charge in [-0.3, -0.25) is 14.4 Å². The van der Waals surface area contributed by atoms with Crippen molar-refractivity contribution in [3.8, 4) is 0 Å². The summed E-state index contributed by atoms with van der Waals surface area (Å²) >= 11 is 0. The predicted molar refractivity (Wildman–Crippen MR) is 119 cm³/mol. The zero-order chi connectivity index (χ0) is 24.8. The van der Waals surface area contributed by atoms with Crippen LogP contribution in [0.3, 0.4) is 0 Å². The van der Waals surface area contributed by atoms with Gasteiger partial charge >= 0.3 is 6.18 Å². The lowest BCUT2D eigenvalue weighted by atomic mass is 10.1. The van der Waals surface area contributed by atoms with Gasteiger partial charge in [0.1, 0.15) is 0 Å². The Bertz CT molecular complexity index is 1200. The van der Waals surface area contributed by atoms with E-state index in [0.717, 1.165) is 5.57 Å². The fraction of sp³-hybridized carbons (Fsp3) is 0.182. The molecule has 4 N–H and O–H groups in total. The van der Waals surface area contributed by atoms with Gasteiger partial charge < -0.3 is 20.9 Å². The van der Waals surface area contributed by atoms with Gasteiger partial charge in [0.15, 0.2) is 5.82 Å². The first kappa shape index (κ1) is 25.1. The van der Waals surface area contributed by atoms with Crippen LogP contribution in [-0.4, -0.2) is 28.8 Å². The van der Waals surface area contributed by atoms with E-state index in [0.29, 0.717) is 18.0 Å². The summed E-state index contributed by atoms with van der Waals surface area (Å²) in [5, 5.41) is 7.72. The van der Waals surface area contributed by atoms with Gasteiger partial charge in [0, 0.05) is 31.2 Å². The number of H-pyrrole nitrogens is 1. The molecule has 0 radical (unpaired) electrons. The highest BCUT2D eigenvalue weighted by molar-refractivity contribution is 6.07. The van der Waals surface area contributed by atoms with Crippen LogP contribution in [0.15, 0.2) is 65.4 Å². The number of pyridine rings is 2. The van der Waals surface area contributed by atoms with Crippen LogP contribution in [0.1, 0.15) is 40.1 Å². The van der Waals surface area contributed by atoms with Gasteiger partial charge in [-0.15, -0.1) is 0 Å². The van der Waals surface area contributed by atoms with Crippen LogP contribution < -0.4 is 21.5 Å². The molecule has 2 rings (SSSR count). The van der Waals surface area contributed by atoms with E-state index in [4.69, 9.17) is 0 Å². The SMILES string of the molecule is C=C/C(C)=C(\C=C/C)Nc1ncc(C(=O)NC)cc1NC(=O)c1c[nH]c(=O)cc1C(F)(F)F. The summed E-state index contributed by atoms with van der Waals surface area (Å²) in [6.45, 7) is 7.24. The minimum Gasteiger partial charge on any atom is -0.355 e. The zero-order valence-corrected chi connectivity index (χ0v) is 18.1. The van der Waals surface area contributed by atoms with Crippen molar-refractivity contribution in [1.82, 2.24) is 15.3 Å². The van der Waals surface area contributed by atoms with Gasteiger partial charge in [0.05, 0.1) is 22.4 Å². The van der Waals surface area contributed by atoms with Gasteiger partial charge in [-0.2, -0.15) is 13.2 Å². The van der Waals surface area contributed by atoms with E-state index in [9.17, 15) is 27.6 Å². The maximum Gasteiger partial charge on any atom is 0.417 e. The summed E-state index contributed by atoms with van der Waals surface area (Å²) in [5.74, 6) is -1.60. The fourth-order valence-electron chi connectivity index (χ4n) is 2.69. The lowest BCUT2D eigenvalue weighted by molar-refractivity contribution is -0.138. The van der Waals surface area contributed by atoms with Crippen LogP contribution >= 0.6 is 0 Å². The van der Waals surface area contributed by atoms with Crippen molar-refractivity contribution in [2.24, 2.45) is 0 Å². The van der Waals surface area contributed by atoms with Crippen molar-refractivity contribution in [2.45, 2.75) is 20.0 Å². The van der Waals surface area contributed by atoms with Crippen molar-refractivity contribution < 1.29 is 22.8 Å². The Balaban J connectivity index is 2.58. The molecule has 0 bridgehead atoms. The molecule has 0 aliphatic rings. The van der Waals surface area contributed by atoms with Crippen molar-refractivity contribution >= 4 is 23.3 Å². The van der Waals surface area contributed by atoms with Gasteiger partial charge in [0.25, 0.3) is 11.8 Å². The van der Waals surface area contributed by atoms with Crippen LogP contribution in [0.25, 0.3) is 0 Å². The highest BCUT2D eigenvalue weighted by atomic mass is 19.4. The number of alkyl halides is 3. The average molecular weight is 461 g/mol. The Morgan fingerprint density at radius 3 is 2.45 bits per heavy atom. The Morgan fingerprint density at radius 2 is 1.88 bits per heavy atom. The summed E-state index contributed by atoms with van der Waals surface area (Å²) in [7, 11) is 1.39. The second-order valence-corrected chi connectivity index (χ2v) is 6.70. The van der Waals surface area contributed by atoms with Crippen LogP contribution in [0.4, 0.5) is 24.7 Å². The number of hydrogen-bond donors (Lipinski definition) is 4. The van der Waals surface area contributed by atoms with Gasteiger partial charge in [-0.25, -0.2) is 4.98 Å². The molecule has 2 heterocycles. The number of allylic oxidation sites excluding steroid dienone is 4. The van der Waals surface area contributed by atoms with Gasteiger partial charge in [-0.05, 0) is 31.6 Å². The first-order valence-corrected chi connectivity index (χ1v) is 9.58. The van der Waals surface area contributed by atoms with E-state index in [2.05, 4.69) is 32.5 Å². The first-order chi connectivity index (χ1) is 15.5. The number of carbonyl (C=O) groups is 2. The zero-order valence-electron chi connectivity index (χ0n) is 18.1. The Morgan fingerprint density at radius 1 is 1.18 bits per heavy atom. The number of halogens is 3. The maximum atomic E-state index is 13.4. The number of carbonyl (C=O) groups excluding carboxylic acids is 2. The summed E-state index contributed by atoms with van der Waals surface area (Å²) in [6.07, 6.45) is 2.01. The van der Waals surface area contributed by atoms with Crippen molar-refractivity contribution in [2.75, 3.05) is 17.7 Å². The van der Waals surface area contributed by atoms with E-state index in [1.807, 2.05) is 0 Å². The number of anilines is 2. The number of aromatic amines is 1. The molecule has 0 atom stereocenters. The van der Waals surface area contributed by atoms with Crippen LogP contribution in [0, 0.1) is 0 Å². The molecule has 0 saturated carbocycles. The molecule has 11 heteroatoms. The minimum atomic E-state index is -4.94. The summed E-state index contributed by atoms with van der Waals surface area (Å²) in [5.41, 5.74) is -1.92. The van der Waals surface area contributed by atoms with Crippen molar-refractivity contribution in [1.29, 1.82) is 0 Å². The molecule has 8 nitrogen and oxygen atoms in total. The van der Waals surface area contributed by atoms with Crippen LogP contribution in [-0.2, 0) is 6.18 Å². The van der Waals surface area contributed by atoms with Crippen LogP contribution in [0.5, 0.6) is 0 Å². The number of amides is 2. The molecule has 174 valence electrons. The topological polar surface area (TPSA) is 116 Å². The number of nitrogens with one attached hydrogen (secondary N) is 4. The third kappa shape index (κ3) is 6.19. The molecular weight excluding hydrogens is 439 g/mol. The number of nitrogens with zero attached hydrogens (tertiary/aromatic N) is 1. The number of aromatic nitrogens is 2. The normalized spacial score (nSPS) is 12.2. The smallest absolute Gasteiger partial charge is 0.355 e. The van der Waals surface area contributed by atoms with Crippen LogP contribution in [0.2, 0.25) is 0 Å². The average Bonchev–Trinajstić information content (AvgIpc) is 2.77. The predicted octanol–water partition coefficient (Wildman–Crippen LogP) is 3.85. The minimum absolute atomic E-state index is 0.0562. The van der Waals surface area contributed by atoms with Gasteiger partial charge in [-0.1, -0.05) is 18.7 Å². The van der Waals surface area contributed by atoms with Gasteiger partial charge in [0.2, 0.25) is 5.56 Å². The van der Waals surface area contributed by atoms with E-state index < -0.39 is 34.7 Å². The number of rotatable bonds is 7. The fourth-order valence-corrected chi connectivity index (χ4v) is 2.69. The van der Waals surface area contributed by atoms with Crippen molar-refractivity contribution in [3.63, 3.8) is 0 Å². The molecule has 0 spiro atoms. The van der Waals surface area contributed by atoms with E-state index >= 15 is 0 Å². The Hall–Kier alpha value is -4.15. The molecular formula is C22H22F3N5O3. The molecule has 2 aromatic heterocycles. The summed E-state index contributed by atoms with van der Waals surface area (Å²) in [4.78, 5) is 42.4. The third-order valence-corrected chi connectivity index (χ3v) is 4.42. The molecule has 33 heavy (non-hydrogen) atoms. The number of hydrogen-bond acceptors (Lipinski definition) is 5. The van der Waals surface area contributed by atoms with E-state index in [-0.39, 0.29) is 17.1 Å². The highest BCUT2D eigenvalue weighted by Gasteiger charge is 2.36. The summed E-state index contributed by atoms with van der Waals surface area (Å²) in [6, 6.07) is 1.56. The monoisotopic (exact) mass is 461 g/mol. The van der Waals surface area contributed by atoms with Crippen molar-refractivity contribution in [3.05, 3.63) is 87.6 Å². The van der Waals surface area contributed by atoms with E-state index in [1.54, 1.807) is 32.1 Å². The molecule has 2 amide bonds. The second-order valence-electron chi connectivity index (χ2n) is 6.70. The van der Waals surface area contributed by atoms with E-state index in [1.165, 1.54) is 19.3 Å².